The van der Waals surface area contributed by atoms with E-state index in [1.807, 2.05) is 6.21 Å². The zero-order chi connectivity index (χ0) is 40.4. The number of carbonyl (C=O) groups is 4. The van der Waals surface area contributed by atoms with Crippen LogP contribution in [-0.2, 0) is 9.68 Å². The molecular weight excluding hydrogens is 709 g/mol. The fraction of sp³-hybridized carbons (Fsp3) is 0.565. The Hall–Kier alpha value is -4.60. The number of aromatic carboxylic acids is 2. The maximum Gasteiger partial charge on any atom is 0.366 e. The van der Waals surface area contributed by atoms with E-state index in [1.54, 1.807) is 24.3 Å². The van der Waals surface area contributed by atoms with Gasteiger partial charge in [-0.25, -0.2) is 19.2 Å². The Morgan fingerprint density at radius 1 is 0.714 bits per heavy atom. The fourth-order valence-electron chi connectivity index (χ4n) is 13.5. The van der Waals surface area contributed by atoms with E-state index < -0.39 is 23.9 Å². The average Bonchev–Trinajstić information content (AvgIpc) is 3.54. The van der Waals surface area contributed by atoms with E-state index in [2.05, 4.69) is 58.4 Å². The van der Waals surface area contributed by atoms with Crippen LogP contribution in [0.5, 0.6) is 0 Å². The van der Waals surface area contributed by atoms with Crippen LogP contribution in [0.4, 0.5) is 0 Å². The molecule has 9 unspecified atom stereocenters. The van der Waals surface area contributed by atoms with Gasteiger partial charge in [-0.3, -0.25) is 0 Å². The lowest BCUT2D eigenvalue weighted by atomic mass is 9.32. The zero-order valence-corrected chi connectivity index (χ0v) is 33.6. The van der Waals surface area contributed by atoms with Crippen LogP contribution >= 0.6 is 0 Å². The molecule has 0 amide bonds. The van der Waals surface area contributed by atoms with Gasteiger partial charge in [0, 0.05) is 10.8 Å². The largest absolute Gasteiger partial charge is 0.478 e. The van der Waals surface area contributed by atoms with Gasteiger partial charge in [0.05, 0.1) is 34.2 Å². The minimum Gasteiger partial charge on any atom is -0.478 e. The van der Waals surface area contributed by atoms with Gasteiger partial charge in [-0.1, -0.05) is 81.3 Å². The van der Waals surface area contributed by atoms with E-state index in [0.717, 1.165) is 63.5 Å². The summed E-state index contributed by atoms with van der Waals surface area (Å²) in [7, 11) is 0. The van der Waals surface area contributed by atoms with Crippen molar-refractivity contribution in [2.45, 2.75) is 106 Å². The molecule has 0 aliphatic heterocycles. The number of oxime groups is 2. The Kier molecular flexibility index (Phi) is 9.98. The number of carboxylic acid groups (broad SMARTS) is 2. The van der Waals surface area contributed by atoms with E-state index in [9.17, 15) is 29.4 Å². The van der Waals surface area contributed by atoms with Crippen molar-refractivity contribution in [3.05, 3.63) is 82.9 Å². The summed E-state index contributed by atoms with van der Waals surface area (Å²) in [4.78, 5) is 60.6. The molecular formula is C46H56N2O8. The standard InChI is InChI=1S/C46H56N2O8/c1-27(2)28-18-23-46(26-47-55-40(53)31-14-10-8-12-29(31)38(49)50)25-24-44(6)33(37(28)46)16-17-35-43(5)21-20-36(42(3,4)34(43)19-22-45(35,44)7)48-56-41(54)32-15-11-9-13-30(32)39(51)52/h8-15,26,28,33-35,37H,1,16-25H2,2-7H3,(H,49,50)(H,51,52). The SMILES string of the molecule is C=C(C)C1CCC2(C=NOC(=O)c3ccccc3C(=O)O)CCC3(C)C(CCC4C5(C)CCC(=NOC(=O)c6ccccc6C(=O)O)C(C)(C)C5CCC43C)C12. The molecule has 5 fully saturated rings. The van der Waals surface area contributed by atoms with Gasteiger partial charge in [-0.05, 0) is 141 Å². The van der Waals surface area contributed by atoms with Crippen molar-refractivity contribution in [3.63, 3.8) is 0 Å². The van der Waals surface area contributed by atoms with E-state index >= 15 is 0 Å². The lowest BCUT2D eigenvalue weighted by molar-refractivity contribution is -0.222. The Balaban J connectivity index is 1.13. The number of benzene rings is 2. The highest BCUT2D eigenvalue weighted by Gasteiger charge is 2.70. The summed E-state index contributed by atoms with van der Waals surface area (Å²) in [5, 5.41) is 28.0. The second-order valence-corrected chi connectivity index (χ2v) is 18.9. The third-order valence-corrected chi connectivity index (χ3v) is 16.4. The van der Waals surface area contributed by atoms with Crippen LogP contribution in [0.3, 0.4) is 0 Å². The molecule has 2 N–H and O–H groups in total. The second kappa shape index (κ2) is 14.1. The Morgan fingerprint density at radius 3 is 1.89 bits per heavy atom. The van der Waals surface area contributed by atoms with Crippen LogP contribution in [0, 0.1) is 56.7 Å². The molecule has 2 aromatic carbocycles. The first kappa shape index (κ1) is 39.6. The zero-order valence-electron chi connectivity index (χ0n) is 33.6. The number of carboxylic acids is 2. The van der Waals surface area contributed by atoms with Crippen molar-refractivity contribution in [1.29, 1.82) is 0 Å². The second-order valence-electron chi connectivity index (χ2n) is 18.9. The predicted octanol–water partition coefficient (Wildman–Crippen LogP) is 10.1. The van der Waals surface area contributed by atoms with Gasteiger partial charge in [0.1, 0.15) is 0 Å². The topological polar surface area (TPSA) is 152 Å². The minimum atomic E-state index is -1.19. The molecule has 5 aliphatic rings. The van der Waals surface area contributed by atoms with Crippen LogP contribution in [0.25, 0.3) is 0 Å². The molecule has 0 spiro atoms. The highest BCUT2D eigenvalue weighted by atomic mass is 16.7. The summed E-state index contributed by atoms with van der Waals surface area (Å²) in [6.07, 6.45) is 11.8. The van der Waals surface area contributed by atoms with Gasteiger partial charge in [-0.2, -0.15) is 0 Å². The first-order valence-corrected chi connectivity index (χ1v) is 20.3. The summed E-state index contributed by atoms with van der Waals surface area (Å²) in [6.45, 7) is 18.7. The first-order chi connectivity index (χ1) is 26.4. The molecule has 9 atom stereocenters. The maximum absolute atomic E-state index is 13.1. The number of allylic oxidation sites excluding steroid dienone is 1. The van der Waals surface area contributed by atoms with E-state index in [0.29, 0.717) is 36.0 Å². The van der Waals surface area contributed by atoms with Crippen molar-refractivity contribution in [3.8, 4) is 0 Å². The van der Waals surface area contributed by atoms with Gasteiger partial charge in [0.2, 0.25) is 0 Å². The summed E-state index contributed by atoms with van der Waals surface area (Å²) >= 11 is 0. The summed E-state index contributed by atoms with van der Waals surface area (Å²) in [5.41, 5.74) is 1.42. The molecule has 10 heteroatoms. The molecule has 7 rings (SSSR count). The normalized spacial score (nSPS) is 36.4. The number of fused-ring (bicyclic) bond motifs is 7. The van der Waals surface area contributed by atoms with Crippen LogP contribution in [0.1, 0.15) is 147 Å². The molecule has 0 heterocycles. The molecule has 56 heavy (non-hydrogen) atoms. The molecule has 298 valence electrons. The van der Waals surface area contributed by atoms with Crippen molar-refractivity contribution >= 4 is 35.8 Å². The van der Waals surface area contributed by atoms with Crippen molar-refractivity contribution in [1.82, 2.24) is 0 Å². The summed E-state index contributed by atoms with van der Waals surface area (Å²) < 4.78 is 0. The Bertz CT molecular complexity index is 2040. The van der Waals surface area contributed by atoms with E-state index in [1.165, 1.54) is 29.8 Å². The lowest BCUT2D eigenvalue weighted by Crippen LogP contribution is -2.66. The van der Waals surface area contributed by atoms with Crippen molar-refractivity contribution in [2.24, 2.45) is 67.0 Å². The van der Waals surface area contributed by atoms with Gasteiger partial charge < -0.3 is 19.9 Å². The number of nitrogens with zero attached hydrogens (tertiary/aromatic N) is 2. The van der Waals surface area contributed by atoms with Gasteiger partial charge in [-0.15, -0.1) is 0 Å². The fourth-order valence-corrected chi connectivity index (χ4v) is 13.5. The predicted molar refractivity (Wildman–Crippen MR) is 213 cm³/mol. The first-order valence-electron chi connectivity index (χ1n) is 20.3. The molecule has 5 aliphatic carbocycles. The summed E-state index contributed by atoms with van der Waals surface area (Å²) in [6, 6.07) is 12.1. The Morgan fingerprint density at radius 2 is 1.30 bits per heavy atom. The quantitative estimate of drug-likeness (QED) is 0.117. The molecule has 10 nitrogen and oxygen atoms in total. The van der Waals surface area contributed by atoms with Crippen LogP contribution in [-0.4, -0.2) is 46.0 Å². The number of carbonyl (C=O) groups excluding carboxylic acids is 2. The molecule has 0 radical (unpaired) electrons. The molecule has 0 aromatic heterocycles. The molecule has 0 bridgehead atoms. The number of hydrogen-bond acceptors (Lipinski definition) is 8. The smallest absolute Gasteiger partial charge is 0.366 e. The highest BCUT2D eigenvalue weighted by molar-refractivity contribution is 6.03. The highest BCUT2D eigenvalue weighted by Crippen LogP contribution is 2.77. The third-order valence-electron chi connectivity index (χ3n) is 16.4. The Labute approximate surface area is 329 Å². The number of hydrogen-bond donors (Lipinski definition) is 2. The van der Waals surface area contributed by atoms with Crippen LogP contribution in [0.15, 0.2) is 71.0 Å². The third kappa shape index (κ3) is 6.04. The monoisotopic (exact) mass is 764 g/mol. The molecule has 5 saturated carbocycles. The van der Waals surface area contributed by atoms with E-state index in [4.69, 9.17) is 9.68 Å². The van der Waals surface area contributed by atoms with Gasteiger partial charge >= 0.3 is 23.9 Å². The maximum atomic E-state index is 13.1. The molecule has 0 saturated heterocycles. The molecule has 2 aromatic rings. The van der Waals surface area contributed by atoms with Crippen molar-refractivity contribution in [2.75, 3.05) is 0 Å². The van der Waals surface area contributed by atoms with Crippen molar-refractivity contribution < 1.29 is 39.1 Å². The number of rotatable bonds is 8. The summed E-state index contributed by atoms with van der Waals surface area (Å²) in [5.74, 6) is -2.03. The van der Waals surface area contributed by atoms with E-state index in [-0.39, 0.29) is 49.3 Å². The average molecular weight is 765 g/mol. The van der Waals surface area contributed by atoms with Crippen LogP contribution in [0.2, 0.25) is 0 Å². The lowest BCUT2D eigenvalue weighted by Gasteiger charge is -2.72. The minimum absolute atomic E-state index is 0.0114. The van der Waals surface area contributed by atoms with Gasteiger partial charge in [0.15, 0.2) is 0 Å². The van der Waals surface area contributed by atoms with Gasteiger partial charge in [0.25, 0.3) is 0 Å². The van der Waals surface area contributed by atoms with Crippen LogP contribution < -0.4 is 0 Å².